The molecule has 0 bridgehead atoms. The molecule has 0 aliphatic heterocycles. The molecule has 0 aromatic heterocycles. The van der Waals surface area contributed by atoms with Gasteiger partial charge >= 0.3 is 0 Å². The maximum atomic E-state index is 11.9. The number of anilines is 1. The zero-order chi connectivity index (χ0) is 15.9. The van der Waals surface area contributed by atoms with Gasteiger partial charge in [0, 0.05) is 18.3 Å². The Bertz CT molecular complexity index is 580. The van der Waals surface area contributed by atoms with E-state index in [1.165, 1.54) is 12.1 Å². The van der Waals surface area contributed by atoms with Crippen LogP contribution in [0.15, 0.2) is 41.8 Å². The lowest BCUT2D eigenvalue weighted by atomic mass is 10.3. The minimum Gasteiger partial charge on any atom is -0.325 e. The van der Waals surface area contributed by atoms with Crippen molar-refractivity contribution in [3.8, 4) is 0 Å². The Hall–Kier alpha value is -1.70. The van der Waals surface area contributed by atoms with E-state index >= 15 is 0 Å². The van der Waals surface area contributed by atoms with Crippen molar-refractivity contribution in [2.75, 3.05) is 18.4 Å². The summed E-state index contributed by atoms with van der Waals surface area (Å²) in [4.78, 5) is 11.7. The van der Waals surface area contributed by atoms with Gasteiger partial charge in [-0.05, 0) is 38.1 Å². The van der Waals surface area contributed by atoms with E-state index in [-0.39, 0.29) is 23.4 Å². The summed E-state index contributed by atoms with van der Waals surface area (Å²) < 4.78 is 26.4. The standard InChI is InChI=1S/C14H21N3O3S/c1-4-9-15-10-14(18)16-12-5-7-13(8-6-12)21(19,20)17-11(2)3/h4-8,11,15,17H,1,9-10H2,2-3H3,(H,16,18). The van der Waals surface area contributed by atoms with Crippen LogP contribution < -0.4 is 15.4 Å². The summed E-state index contributed by atoms with van der Waals surface area (Å²) in [5, 5.41) is 5.55. The Balaban J connectivity index is 2.66. The molecule has 0 saturated carbocycles. The van der Waals surface area contributed by atoms with Crippen molar-refractivity contribution in [1.82, 2.24) is 10.0 Å². The number of carbonyl (C=O) groups excluding carboxylic acids is 1. The highest BCUT2D eigenvalue weighted by molar-refractivity contribution is 7.89. The van der Waals surface area contributed by atoms with Crippen LogP contribution in [0.1, 0.15) is 13.8 Å². The molecular weight excluding hydrogens is 290 g/mol. The number of hydrogen-bond acceptors (Lipinski definition) is 4. The molecule has 0 heterocycles. The minimum absolute atomic E-state index is 0.166. The van der Waals surface area contributed by atoms with E-state index in [4.69, 9.17) is 0 Å². The van der Waals surface area contributed by atoms with Gasteiger partial charge in [0.05, 0.1) is 11.4 Å². The van der Waals surface area contributed by atoms with Crippen molar-refractivity contribution < 1.29 is 13.2 Å². The fourth-order valence-corrected chi connectivity index (χ4v) is 2.84. The van der Waals surface area contributed by atoms with Crippen LogP contribution >= 0.6 is 0 Å². The average Bonchev–Trinajstić information content (AvgIpc) is 2.38. The van der Waals surface area contributed by atoms with Gasteiger partial charge < -0.3 is 10.6 Å². The van der Waals surface area contributed by atoms with Crippen LogP contribution in [-0.2, 0) is 14.8 Å². The lowest BCUT2D eigenvalue weighted by Crippen LogP contribution is -2.30. The van der Waals surface area contributed by atoms with E-state index in [1.54, 1.807) is 32.1 Å². The molecule has 0 saturated heterocycles. The summed E-state index contributed by atoms with van der Waals surface area (Å²) in [7, 11) is -3.51. The van der Waals surface area contributed by atoms with Crippen LogP contribution in [0.25, 0.3) is 0 Å². The van der Waals surface area contributed by atoms with Crippen LogP contribution in [0.3, 0.4) is 0 Å². The van der Waals surface area contributed by atoms with Crippen molar-refractivity contribution in [1.29, 1.82) is 0 Å². The van der Waals surface area contributed by atoms with Crippen LogP contribution in [-0.4, -0.2) is 33.5 Å². The summed E-state index contributed by atoms with van der Waals surface area (Å²) in [6, 6.07) is 5.85. The van der Waals surface area contributed by atoms with Crippen LogP contribution in [0, 0.1) is 0 Å². The van der Waals surface area contributed by atoms with Crippen LogP contribution in [0.5, 0.6) is 0 Å². The van der Waals surface area contributed by atoms with Crippen LogP contribution in [0.2, 0.25) is 0 Å². The second-order valence-electron chi connectivity index (χ2n) is 4.77. The van der Waals surface area contributed by atoms with Crippen LogP contribution in [0.4, 0.5) is 5.69 Å². The predicted molar refractivity (Wildman–Crippen MR) is 83.6 cm³/mol. The van der Waals surface area contributed by atoms with Crippen molar-refractivity contribution in [2.45, 2.75) is 24.8 Å². The summed E-state index contributed by atoms with van der Waals surface area (Å²) in [5.41, 5.74) is 0.545. The molecule has 21 heavy (non-hydrogen) atoms. The Morgan fingerprint density at radius 2 is 1.90 bits per heavy atom. The Labute approximate surface area is 125 Å². The number of amides is 1. The molecule has 0 fully saturated rings. The molecule has 116 valence electrons. The summed E-state index contributed by atoms with van der Waals surface area (Å²) >= 11 is 0. The Morgan fingerprint density at radius 1 is 1.29 bits per heavy atom. The number of hydrogen-bond donors (Lipinski definition) is 3. The molecule has 0 radical (unpaired) electrons. The first kappa shape index (κ1) is 17.4. The van der Waals surface area contributed by atoms with Gasteiger partial charge in [-0.2, -0.15) is 0 Å². The molecular formula is C14H21N3O3S. The van der Waals surface area contributed by atoms with Crippen molar-refractivity contribution in [3.63, 3.8) is 0 Å². The highest BCUT2D eigenvalue weighted by atomic mass is 32.2. The molecule has 1 aromatic carbocycles. The number of carbonyl (C=O) groups is 1. The monoisotopic (exact) mass is 311 g/mol. The van der Waals surface area contributed by atoms with Gasteiger partial charge in [-0.25, -0.2) is 13.1 Å². The van der Waals surface area contributed by atoms with E-state index in [2.05, 4.69) is 21.9 Å². The van der Waals surface area contributed by atoms with E-state index in [1.807, 2.05) is 0 Å². The molecule has 0 atom stereocenters. The van der Waals surface area contributed by atoms with Gasteiger partial charge in [0.25, 0.3) is 0 Å². The minimum atomic E-state index is -3.51. The number of benzene rings is 1. The first-order valence-electron chi connectivity index (χ1n) is 6.59. The fourth-order valence-electron chi connectivity index (χ4n) is 1.59. The molecule has 0 unspecified atom stereocenters. The molecule has 0 aliphatic rings. The SMILES string of the molecule is C=CCNCC(=O)Nc1ccc(S(=O)(=O)NC(C)C)cc1. The number of sulfonamides is 1. The molecule has 1 amide bonds. The first-order valence-corrected chi connectivity index (χ1v) is 8.07. The molecule has 1 aromatic rings. The Morgan fingerprint density at radius 3 is 2.43 bits per heavy atom. The maximum absolute atomic E-state index is 11.9. The number of nitrogens with one attached hydrogen (secondary N) is 3. The van der Waals surface area contributed by atoms with Gasteiger partial charge in [0.2, 0.25) is 15.9 Å². The maximum Gasteiger partial charge on any atom is 0.240 e. The third-order valence-corrected chi connectivity index (χ3v) is 4.09. The largest absolute Gasteiger partial charge is 0.325 e. The van der Waals surface area contributed by atoms with Gasteiger partial charge in [-0.1, -0.05) is 6.08 Å². The molecule has 3 N–H and O–H groups in total. The molecule has 7 heteroatoms. The zero-order valence-electron chi connectivity index (χ0n) is 12.2. The zero-order valence-corrected chi connectivity index (χ0v) is 13.0. The van der Waals surface area contributed by atoms with E-state index in [0.29, 0.717) is 12.2 Å². The predicted octanol–water partition coefficient (Wildman–Crippen LogP) is 1.09. The second kappa shape index (κ2) is 7.92. The van der Waals surface area contributed by atoms with E-state index < -0.39 is 10.0 Å². The van der Waals surface area contributed by atoms with Gasteiger partial charge in [0.1, 0.15) is 0 Å². The van der Waals surface area contributed by atoms with Crippen molar-refractivity contribution in [3.05, 3.63) is 36.9 Å². The van der Waals surface area contributed by atoms with E-state index in [0.717, 1.165) is 0 Å². The molecule has 0 aliphatic carbocycles. The third-order valence-electron chi connectivity index (χ3n) is 2.41. The van der Waals surface area contributed by atoms with Gasteiger partial charge in [0.15, 0.2) is 0 Å². The average molecular weight is 311 g/mol. The summed E-state index contributed by atoms with van der Waals surface area (Å²) in [6.07, 6.45) is 1.66. The normalized spacial score (nSPS) is 11.4. The van der Waals surface area contributed by atoms with Crippen molar-refractivity contribution in [2.24, 2.45) is 0 Å². The summed E-state index contributed by atoms with van der Waals surface area (Å²) in [6.45, 7) is 7.76. The molecule has 6 nitrogen and oxygen atoms in total. The van der Waals surface area contributed by atoms with Crippen molar-refractivity contribution >= 4 is 21.6 Å². The lowest BCUT2D eigenvalue weighted by Gasteiger charge is -2.10. The quantitative estimate of drug-likeness (QED) is 0.495. The highest BCUT2D eigenvalue weighted by Gasteiger charge is 2.15. The number of rotatable bonds is 8. The molecule has 1 rings (SSSR count). The van der Waals surface area contributed by atoms with Gasteiger partial charge in [-0.3, -0.25) is 4.79 Å². The smallest absolute Gasteiger partial charge is 0.240 e. The first-order chi connectivity index (χ1) is 9.85. The van der Waals surface area contributed by atoms with E-state index in [9.17, 15) is 13.2 Å². The second-order valence-corrected chi connectivity index (χ2v) is 6.48. The highest BCUT2D eigenvalue weighted by Crippen LogP contribution is 2.14. The topological polar surface area (TPSA) is 87.3 Å². The third kappa shape index (κ3) is 6.07. The molecule has 0 spiro atoms. The fraction of sp³-hybridized carbons (Fsp3) is 0.357. The summed E-state index contributed by atoms with van der Waals surface area (Å²) in [5.74, 6) is -0.201. The lowest BCUT2D eigenvalue weighted by molar-refractivity contribution is -0.115. The Kier molecular flexibility index (Phi) is 6.54. The van der Waals surface area contributed by atoms with Gasteiger partial charge in [-0.15, -0.1) is 6.58 Å².